The minimum Gasteiger partial charge on any atom is -0.508 e. The molecule has 0 bridgehead atoms. The Morgan fingerprint density at radius 3 is 2.03 bits per heavy atom. The van der Waals surface area contributed by atoms with E-state index in [0.717, 1.165) is 44.7 Å². The molecule has 5 aromatic rings. The van der Waals surface area contributed by atoms with Crippen molar-refractivity contribution < 1.29 is 15.0 Å². The Hall–Kier alpha value is -4.62. The first-order valence-electron chi connectivity index (χ1n) is 12.1. The second-order valence-corrected chi connectivity index (χ2v) is 10.2. The van der Waals surface area contributed by atoms with Crippen LogP contribution in [0.4, 0.5) is 0 Å². The van der Waals surface area contributed by atoms with Crippen LogP contribution >= 0.6 is 11.3 Å². The number of hydrogen-bond acceptors (Lipinski definition) is 5. The molecule has 1 amide bonds. The van der Waals surface area contributed by atoms with Gasteiger partial charge < -0.3 is 15.1 Å². The zero-order chi connectivity index (χ0) is 26.6. The molecule has 6 nitrogen and oxygen atoms in total. The summed E-state index contributed by atoms with van der Waals surface area (Å²) in [5.74, 6) is -0.0255. The van der Waals surface area contributed by atoms with Crippen LogP contribution < -0.4 is 4.87 Å². The Balaban J connectivity index is 1.41. The van der Waals surface area contributed by atoms with Crippen molar-refractivity contribution >= 4 is 17.2 Å². The van der Waals surface area contributed by atoms with Gasteiger partial charge in [-0.25, -0.2) is 0 Å². The first-order valence-corrected chi connectivity index (χ1v) is 12.9. The number of rotatable bonds is 7. The van der Waals surface area contributed by atoms with Crippen LogP contribution in [0.3, 0.4) is 0 Å². The second kappa shape index (κ2) is 10.8. The number of nitrogens with one attached hydrogen (secondary N) is 1. The van der Waals surface area contributed by atoms with Crippen molar-refractivity contribution in [3.8, 4) is 33.9 Å². The summed E-state index contributed by atoms with van der Waals surface area (Å²) in [5, 5.41) is 19.7. The summed E-state index contributed by atoms with van der Waals surface area (Å²) in [7, 11) is 1.77. The van der Waals surface area contributed by atoms with Crippen LogP contribution in [0.5, 0.6) is 11.6 Å². The Bertz CT molecular complexity index is 1620. The Labute approximate surface area is 224 Å². The number of carbonyl (C=O) groups is 1. The van der Waals surface area contributed by atoms with Gasteiger partial charge in [0, 0.05) is 25.6 Å². The number of aromatic hydroxyl groups is 2. The molecule has 0 fully saturated rings. The van der Waals surface area contributed by atoms with Crippen molar-refractivity contribution in [3.05, 3.63) is 128 Å². The summed E-state index contributed by atoms with van der Waals surface area (Å²) in [4.78, 5) is 29.4. The van der Waals surface area contributed by atoms with Gasteiger partial charge in [-0.3, -0.25) is 14.6 Å². The molecule has 0 aliphatic heterocycles. The lowest BCUT2D eigenvalue weighted by molar-refractivity contribution is 0.0785. The zero-order valence-corrected chi connectivity index (χ0v) is 21.5. The molecule has 0 unspecified atom stereocenters. The average molecular weight is 523 g/mol. The highest BCUT2D eigenvalue weighted by atomic mass is 32.1. The Kier molecular flexibility index (Phi) is 7.11. The fourth-order valence-corrected chi connectivity index (χ4v) is 5.15. The number of phenols is 1. The molecule has 7 heteroatoms. The predicted octanol–water partition coefficient (Wildman–Crippen LogP) is 6.04. The van der Waals surface area contributed by atoms with Gasteiger partial charge in [0.2, 0.25) is 5.88 Å². The number of phenolic OH excluding ortho intramolecular Hbond substituents is 1. The van der Waals surface area contributed by atoms with E-state index in [-0.39, 0.29) is 22.4 Å². The topological polar surface area (TPSA) is 93.6 Å². The van der Waals surface area contributed by atoms with Crippen LogP contribution in [0.2, 0.25) is 0 Å². The summed E-state index contributed by atoms with van der Waals surface area (Å²) in [6, 6.07) is 30.4. The number of benzene rings is 4. The van der Waals surface area contributed by atoms with Crippen LogP contribution in [0.25, 0.3) is 22.3 Å². The highest BCUT2D eigenvalue weighted by molar-refractivity contribution is 7.09. The van der Waals surface area contributed by atoms with E-state index in [1.165, 1.54) is 0 Å². The summed E-state index contributed by atoms with van der Waals surface area (Å²) in [6.07, 6.45) is 0.378. The van der Waals surface area contributed by atoms with Crippen LogP contribution in [-0.2, 0) is 13.0 Å². The number of hydrogen-bond donors (Lipinski definition) is 3. The van der Waals surface area contributed by atoms with E-state index in [2.05, 4.69) is 11.1 Å². The lowest BCUT2D eigenvalue weighted by atomic mass is 9.96. The third-order valence-corrected chi connectivity index (χ3v) is 7.32. The zero-order valence-electron chi connectivity index (χ0n) is 20.7. The molecule has 1 aromatic heterocycles. The first kappa shape index (κ1) is 25.0. The van der Waals surface area contributed by atoms with Crippen molar-refractivity contribution in [2.75, 3.05) is 7.05 Å². The lowest BCUT2D eigenvalue weighted by Gasteiger charge is -2.20. The van der Waals surface area contributed by atoms with Gasteiger partial charge in [0.1, 0.15) is 5.75 Å². The van der Waals surface area contributed by atoms with Crippen molar-refractivity contribution in [1.29, 1.82) is 0 Å². The minimum absolute atomic E-state index is 0.115. The Morgan fingerprint density at radius 2 is 1.39 bits per heavy atom. The summed E-state index contributed by atoms with van der Waals surface area (Å²) in [5.41, 5.74) is 6.42. The van der Waals surface area contributed by atoms with E-state index < -0.39 is 0 Å². The molecule has 0 spiro atoms. The van der Waals surface area contributed by atoms with Gasteiger partial charge in [-0.15, -0.1) is 0 Å². The van der Waals surface area contributed by atoms with Gasteiger partial charge in [-0.2, -0.15) is 0 Å². The van der Waals surface area contributed by atoms with Gasteiger partial charge >= 0.3 is 4.87 Å². The van der Waals surface area contributed by atoms with Crippen LogP contribution in [0.15, 0.2) is 102 Å². The molecule has 38 heavy (non-hydrogen) atoms. The maximum atomic E-state index is 13.3. The lowest BCUT2D eigenvalue weighted by Crippen LogP contribution is -2.26. The van der Waals surface area contributed by atoms with Crippen molar-refractivity contribution in [1.82, 2.24) is 9.88 Å². The molecule has 0 aliphatic rings. The maximum absolute atomic E-state index is 13.3. The molecule has 1 heterocycles. The minimum atomic E-state index is -0.303. The number of aromatic amines is 1. The third-order valence-electron chi connectivity index (χ3n) is 6.45. The van der Waals surface area contributed by atoms with Crippen molar-refractivity contribution in [3.63, 3.8) is 0 Å². The predicted molar refractivity (Wildman–Crippen MR) is 151 cm³/mol. The first-order chi connectivity index (χ1) is 18.4. The number of H-pyrrole nitrogens is 1. The molecular formula is C31H26N2O4S. The molecule has 0 saturated heterocycles. The second-order valence-electron chi connectivity index (χ2n) is 9.10. The fraction of sp³-hybridized carbons (Fsp3) is 0.0968. The number of thiazole rings is 1. The number of carbonyl (C=O) groups excluding carboxylic acids is 1. The van der Waals surface area contributed by atoms with Gasteiger partial charge in [-0.1, -0.05) is 78.1 Å². The number of amides is 1. The van der Waals surface area contributed by atoms with E-state index in [0.29, 0.717) is 23.4 Å². The van der Waals surface area contributed by atoms with E-state index in [9.17, 15) is 19.8 Å². The quantitative estimate of drug-likeness (QED) is 0.243. The van der Waals surface area contributed by atoms with Crippen LogP contribution in [0, 0.1) is 0 Å². The normalized spacial score (nSPS) is 10.9. The fourth-order valence-electron chi connectivity index (χ4n) is 4.41. The summed E-state index contributed by atoms with van der Waals surface area (Å²) in [6.45, 7) is 0.356. The van der Waals surface area contributed by atoms with Gasteiger partial charge in [-0.05, 0) is 63.7 Å². The molecule has 0 saturated carbocycles. The summed E-state index contributed by atoms with van der Waals surface area (Å²) < 4.78 is 0. The molecule has 0 aliphatic carbocycles. The largest absolute Gasteiger partial charge is 0.508 e. The molecule has 190 valence electrons. The monoisotopic (exact) mass is 522 g/mol. The van der Waals surface area contributed by atoms with E-state index in [4.69, 9.17) is 0 Å². The van der Waals surface area contributed by atoms with Crippen molar-refractivity contribution in [2.24, 2.45) is 0 Å². The average Bonchev–Trinajstić information content (AvgIpc) is 3.26. The molecule has 0 atom stereocenters. The van der Waals surface area contributed by atoms with E-state index >= 15 is 0 Å². The molecule has 0 radical (unpaired) electrons. The van der Waals surface area contributed by atoms with Crippen molar-refractivity contribution in [2.45, 2.75) is 13.0 Å². The molecule has 3 N–H and O–H groups in total. The SMILES string of the molecule is CN(Cc1cc(-c2ccccc2)ccc1Cc1sc(=O)[nH]c1O)C(=O)c1ccc(-c2ccc(O)cc2)cc1. The highest BCUT2D eigenvalue weighted by Gasteiger charge is 2.17. The van der Waals surface area contributed by atoms with E-state index in [1.54, 1.807) is 36.2 Å². The Morgan fingerprint density at radius 1 is 0.789 bits per heavy atom. The standard InChI is InChI=1S/C31H26N2O4S/c1-33(30(36)23-9-7-21(8-10-23)22-13-15-27(34)16-14-22)19-26-17-24(20-5-3-2-4-6-20)11-12-25(26)18-28-29(35)32-31(37)38-28/h2-17,34-35H,18-19H2,1H3,(H,32,37). The maximum Gasteiger partial charge on any atom is 0.307 e. The molecule has 5 rings (SSSR count). The van der Waals surface area contributed by atoms with Crippen LogP contribution in [0.1, 0.15) is 26.4 Å². The molecule has 4 aromatic carbocycles. The number of nitrogens with zero attached hydrogens (tertiary/aromatic N) is 1. The van der Waals surface area contributed by atoms with Gasteiger partial charge in [0.15, 0.2) is 0 Å². The van der Waals surface area contributed by atoms with Gasteiger partial charge in [0.25, 0.3) is 5.91 Å². The van der Waals surface area contributed by atoms with Gasteiger partial charge in [0.05, 0.1) is 4.88 Å². The molecular weight excluding hydrogens is 496 g/mol. The van der Waals surface area contributed by atoms with E-state index in [1.807, 2.05) is 66.7 Å². The highest BCUT2D eigenvalue weighted by Crippen LogP contribution is 2.28. The van der Waals surface area contributed by atoms with Crippen LogP contribution in [-0.4, -0.2) is 33.1 Å². The number of aromatic nitrogens is 1. The smallest absolute Gasteiger partial charge is 0.307 e. The third kappa shape index (κ3) is 5.53. The summed E-state index contributed by atoms with van der Waals surface area (Å²) >= 11 is 0.985.